The third kappa shape index (κ3) is 3.70. The van der Waals surface area contributed by atoms with Crippen molar-refractivity contribution in [2.24, 2.45) is 0 Å². The van der Waals surface area contributed by atoms with Gasteiger partial charge >= 0.3 is 0 Å². The van der Waals surface area contributed by atoms with Gasteiger partial charge in [-0.05, 0) is 25.0 Å². The fourth-order valence-corrected chi connectivity index (χ4v) is 1.50. The highest BCUT2D eigenvalue weighted by molar-refractivity contribution is 5.94. The molecule has 1 unspecified atom stereocenters. The van der Waals surface area contributed by atoms with E-state index in [1.165, 1.54) is 19.2 Å². The lowest BCUT2D eigenvalue weighted by molar-refractivity contribution is 0.0937. The molecule has 0 aromatic heterocycles. The number of halogens is 1. The number of methoxy groups -OCH3 is 1. The Hall–Kier alpha value is -1.62. The van der Waals surface area contributed by atoms with Crippen LogP contribution >= 0.6 is 0 Å². The molecule has 0 saturated carbocycles. The first-order chi connectivity index (χ1) is 8.60. The molecule has 0 aliphatic rings. The number of carbonyl (C=O) groups excluding carboxylic acids is 1. The van der Waals surface area contributed by atoms with E-state index in [-0.39, 0.29) is 11.3 Å². The Bertz CT molecular complexity index is 409. The Morgan fingerprint density at radius 3 is 2.89 bits per heavy atom. The number of ether oxygens (including phenoxy) is 1. The lowest BCUT2D eigenvalue weighted by atomic mass is 10.1. The fourth-order valence-electron chi connectivity index (χ4n) is 1.50. The molecule has 2 N–H and O–H groups in total. The molecular formula is C13H18FNO3. The third-order valence-electron chi connectivity index (χ3n) is 2.66. The standard InChI is InChI=1S/C13H18FNO3/c1-3-9(16)7-8-15-13(17)10-5-4-6-11(18-2)12(10)14/h4-6,9,16H,3,7-8H2,1-2H3,(H,15,17). The smallest absolute Gasteiger partial charge is 0.254 e. The molecule has 5 heteroatoms. The topological polar surface area (TPSA) is 58.6 Å². The highest BCUT2D eigenvalue weighted by Crippen LogP contribution is 2.19. The maximum atomic E-state index is 13.7. The average molecular weight is 255 g/mol. The normalized spacial score (nSPS) is 12.0. The number of hydrogen-bond acceptors (Lipinski definition) is 3. The third-order valence-corrected chi connectivity index (χ3v) is 2.66. The maximum absolute atomic E-state index is 13.7. The average Bonchev–Trinajstić information content (AvgIpc) is 2.38. The van der Waals surface area contributed by atoms with E-state index in [0.29, 0.717) is 19.4 Å². The molecule has 0 aliphatic carbocycles. The summed E-state index contributed by atoms with van der Waals surface area (Å²) in [4.78, 5) is 11.7. The van der Waals surface area contributed by atoms with Crippen LogP contribution < -0.4 is 10.1 Å². The van der Waals surface area contributed by atoms with Gasteiger partial charge in [0.05, 0.1) is 18.8 Å². The number of amides is 1. The Balaban J connectivity index is 2.62. The van der Waals surface area contributed by atoms with Crippen LogP contribution in [0.2, 0.25) is 0 Å². The van der Waals surface area contributed by atoms with Crippen LogP contribution in [0.15, 0.2) is 18.2 Å². The van der Waals surface area contributed by atoms with Crippen LogP contribution in [0.4, 0.5) is 4.39 Å². The molecule has 1 aromatic carbocycles. The maximum Gasteiger partial charge on any atom is 0.254 e. The number of rotatable bonds is 6. The summed E-state index contributed by atoms with van der Waals surface area (Å²) in [6, 6.07) is 4.40. The molecular weight excluding hydrogens is 237 g/mol. The van der Waals surface area contributed by atoms with Gasteiger partial charge in [-0.25, -0.2) is 4.39 Å². The largest absolute Gasteiger partial charge is 0.494 e. The van der Waals surface area contributed by atoms with Crippen molar-refractivity contribution in [2.45, 2.75) is 25.9 Å². The van der Waals surface area contributed by atoms with Gasteiger partial charge in [-0.1, -0.05) is 13.0 Å². The first-order valence-electron chi connectivity index (χ1n) is 5.88. The van der Waals surface area contributed by atoms with E-state index >= 15 is 0 Å². The summed E-state index contributed by atoms with van der Waals surface area (Å²) in [5, 5.41) is 11.9. The van der Waals surface area contributed by atoms with E-state index in [4.69, 9.17) is 4.74 Å². The molecule has 100 valence electrons. The Kier molecular flexibility index (Phi) is 5.58. The summed E-state index contributed by atoms with van der Waals surface area (Å²) in [5.41, 5.74) is -0.0552. The molecule has 4 nitrogen and oxygen atoms in total. The minimum Gasteiger partial charge on any atom is -0.494 e. The van der Waals surface area contributed by atoms with Crippen molar-refractivity contribution in [2.75, 3.05) is 13.7 Å². The summed E-state index contributed by atoms with van der Waals surface area (Å²) in [6.45, 7) is 2.17. The molecule has 1 atom stereocenters. The molecule has 1 amide bonds. The van der Waals surface area contributed by atoms with Gasteiger partial charge in [-0.2, -0.15) is 0 Å². The van der Waals surface area contributed by atoms with E-state index in [9.17, 15) is 14.3 Å². The van der Waals surface area contributed by atoms with Gasteiger partial charge in [-0.15, -0.1) is 0 Å². The van der Waals surface area contributed by atoms with Crippen LogP contribution in [0.1, 0.15) is 30.1 Å². The Morgan fingerprint density at radius 1 is 1.56 bits per heavy atom. The second-order valence-corrected chi connectivity index (χ2v) is 3.93. The number of aliphatic hydroxyl groups is 1. The molecule has 1 aromatic rings. The summed E-state index contributed by atoms with van der Waals surface area (Å²) in [6.07, 6.45) is 0.637. The van der Waals surface area contributed by atoms with Gasteiger partial charge in [-0.3, -0.25) is 4.79 Å². The quantitative estimate of drug-likeness (QED) is 0.813. The number of hydrogen-bond donors (Lipinski definition) is 2. The molecule has 0 radical (unpaired) electrons. The van der Waals surface area contributed by atoms with Crippen LogP contribution in [-0.4, -0.2) is 30.8 Å². The summed E-state index contributed by atoms with van der Waals surface area (Å²) < 4.78 is 18.5. The predicted octanol–water partition coefficient (Wildman–Crippen LogP) is 1.73. The zero-order chi connectivity index (χ0) is 13.5. The van der Waals surface area contributed by atoms with Crippen LogP contribution in [-0.2, 0) is 0 Å². The van der Waals surface area contributed by atoms with Crippen molar-refractivity contribution in [1.82, 2.24) is 5.32 Å². The summed E-state index contributed by atoms with van der Waals surface area (Å²) in [7, 11) is 1.34. The number of carbonyl (C=O) groups is 1. The van der Waals surface area contributed by atoms with Crippen molar-refractivity contribution in [1.29, 1.82) is 0 Å². The van der Waals surface area contributed by atoms with E-state index in [0.717, 1.165) is 0 Å². The highest BCUT2D eigenvalue weighted by atomic mass is 19.1. The van der Waals surface area contributed by atoms with Crippen LogP contribution in [0.3, 0.4) is 0 Å². The predicted molar refractivity (Wildman–Crippen MR) is 66.2 cm³/mol. The van der Waals surface area contributed by atoms with Crippen LogP contribution in [0.25, 0.3) is 0 Å². The van der Waals surface area contributed by atoms with Gasteiger partial charge in [0.15, 0.2) is 11.6 Å². The highest BCUT2D eigenvalue weighted by Gasteiger charge is 2.15. The van der Waals surface area contributed by atoms with E-state index in [2.05, 4.69) is 5.32 Å². The first kappa shape index (κ1) is 14.4. The SMILES string of the molecule is CCC(O)CCNC(=O)c1cccc(OC)c1F. The van der Waals surface area contributed by atoms with Crippen molar-refractivity contribution in [3.05, 3.63) is 29.6 Å². The second kappa shape index (κ2) is 6.96. The number of benzene rings is 1. The number of aliphatic hydroxyl groups excluding tert-OH is 1. The van der Waals surface area contributed by atoms with Crippen LogP contribution in [0.5, 0.6) is 5.75 Å². The van der Waals surface area contributed by atoms with Gasteiger partial charge in [0.2, 0.25) is 0 Å². The van der Waals surface area contributed by atoms with Crippen molar-refractivity contribution >= 4 is 5.91 Å². The Morgan fingerprint density at radius 2 is 2.28 bits per heavy atom. The van der Waals surface area contributed by atoms with Crippen LogP contribution in [0, 0.1) is 5.82 Å². The van der Waals surface area contributed by atoms with Crippen molar-refractivity contribution in [3.8, 4) is 5.75 Å². The zero-order valence-electron chi connectivity index (χ0n) is 10.6. The minimum atomic E-state index is -0.673. The van der Waals surface area contributed by atoms with Crippen molar-refractivity contribution in [3.63, 3.8) is 0 Å². The number of nitrogens with one attached hydrogen (secondary N) is 1. The Labute approximate surface area is 106 Å². The lowest BCUT2D eigenvalue weighted by Crippen LogP contribution is -2.27. The van der Waals surface area contributed by atoms with Crippen molar-refractivity contribution < 1.29 is 19.0 Å². The molecule has 18 heavy (non-hydrogen) atoms. The fraction of sp³-hybridized carbons (Fsp3) is 0.462. The van der Waals surface area contributed by atoms with E-state index in [1.807, 2.05) is 6.92 Å². The lowest BCUT2D eigenvalue weighted by Gasteiger charge is -2.10. The molecule has 0 saturated heterocycles. The monoisotopic (exact) mass is 255 g/mol. The van der Waals surface area contributed by atoms with Gasteiger partial charge in [0.25, 0.3) is 5.91 Å². The van der Waals surface area contributed by atoms with Gasteiger partial charge < -0.3 is 15.2 Å². The van der Waals surface area contributed by atoms with Gasteiger partial charge in [0.1, 0.15) is 0 Å². The van der Waals surface area contributed by atoms with Gasteiger partial charge in [0, 0.05) is 6.54 Å². The van der Waals surface area contributed by atoms with E-state index < -0.39 is 17.8 Å². The summed E-state index contributed by atoms with van der Waals surface area (Å²) in [5.74, 6) is -1.14. The first-order valence-corrected chi connectivity index (χ1v) is 5.88. The van der Waals surface area contributed by atoms with E-state index in [1.54, 1.807) is 6.07 Å². The molecule has 0 aliphatic heterocycles. The minimum absolute atomic E-state index is 0.0382. The molecule has 1 rings (SSSR count). The molecule has 0 bridgehead atoms. The molecule has 0 spiro atoms. The second-order valence-electron chi connectivity index (χ2n) is 3.93. The summed E-state index contributed by atoms with van der Waals surface area (Å²) >= 11 is 0. The molecule has 0 fully saturated rings. The zero-order valence-corrected chi connectivity index (χ0v) is 10.6. The molecule has 0 heterocycles.